The molecule has 0 radical (unpaired) electrons. The number of aromatic amines is 1. The van der Waals surface area contributed by atoms with Gasteiger partial charge < -0.3 is 14.5 Å². The summed E-state index contributed by atoms with van der Waals surface area (Å²) >= 11 is 0. The minimum Gasteiger partial charge on any atom is -0.465 e. The summed E-state index contributed by atoms with van der Waals surface area (Å²) in [6, 6.07) is 6.10. The van der Waals surface area contributed by atoms with Gasteiger partial charge in [0.2, 0.25) is 15.8 Å². The van der Waals surface area contributed by atoms with Crippen molar-refractivity contribution in [3.63, 3.8) is 0 Å². The summed E-state index contributed by atoms with van der Waals surface area (Å²) in [5.74, 6) is -1.79. The maximum absolute atomic E-state index is 12.7. The molecule has 0 spiro atoms. The Bertz CT molecular complexity index is 1190. The molecule has 184 valence electrons. The fourth-order valence-electron chi connectivity index (χ4n) is 3.50. The minimum absolute atomic E-state index is 0.165. The lowest BCUT2D eigenvalue weighted by molar-refractivity contribution is -0.140. The predicted molar refractivity (Wildman–Crippen MR) is 127 cm³/mol. The zero-order chi connectivity index (χ0) is 25.6. The van der Waals surface area contributed by atoms with Gasteiger partial charge in [-0.3, -0.25) is 4.79 Å². The van der Waals surface area contributed by atoms with Gasteiger partial charge in [-0.25, -0.2) is 18.0 Å². The smallest absolute Gasteiger partial charge is 0.339 e. The second-order valence-corrected chi connectivity index (χ2v) is 9.49. The number of ketones is 1. The Labute approximate surface area is 199 Å². The number of nitrogens with one attached hydrogen (secondary N) is 1. The van der Waals surface area contributed by atoms with Gasteiger partial charge in [0, 0.05) is 24.9 Å². The first kappa shape index (κ1) is 27.0. The Balaban J connectivity index is 2.08. The molecule has 0 fully saturated rings. The van der Waals surface area contributed by atoms with Crippen molar-refractivity contribution in [1.29, 1.82) is 0 Å². The Morgan fingerprint density at radius 2 is 1.68 bits per heavy atom. The number of rotatable bonds is 10. The van der Waals surface area contributed by atoms with Crippen LogP contribution in [0.3, 0.4) is 0 Å². The van der Waals surface area contributed by atoms with Gasteiger partial charge in [0.25, 0.3) is 0 Å². The van der Waals surface area contributed by atoms with Gasteiger partial charge >= 0.3 is 11.9 Å². The number of H-pyrrole nitrogens is 1. The highest BCUT2D eigenvalue weighted by atomic mass is 32.2. The van der Waals surface area contributed by atoms with Crippen LogP contribution < -0.4 is 0 Å². The third-order valence-corrected chi connectivity index (χ3v) is 7.43. The average molecular weight is 491 g/mol. The second kappa shape index (κ2) is 11.3. The number of carbonyl (C=O) groups is 3. The zero-order valence-electron chi connectivity index (χ0n) is 20.2. The third kappa shape index (κ3) is 5.81. The number of esters is 2. The monoisotopic (exact) mass is 490 g/mol. The fraction of sp³-hybridized carbons (Fsp3) is 0.375. The highest BCUT2D eigenvalue weighted by molar-refractivity contribution is 7.89. The maximum Gasteiger partial charge on any atom is 0.339 e. The number of ether oxygens (including phenoxy) is 2. The summed E-state index contributed by atoms with van der Waals surface area (Å²) in [5, 5.41) is 0. The first-order valence-electron chi connectivity index (χ1n) is 10.8. The quantitative estimate of drug-likeness (QED) is 0.308. The molecular formula is C24H30N2O7S. The molecule has 1 N–H and O–H groups in total. The van der Waals surface area contributed by atoms with E-state index in [-0.39, 0.29) is 16.2 Å². The number of hydrogen-bond acceptors (Lipinski definition) is 7. The van der Waals surface area contributed by atoms with E-state index in [2.05, 4.69) is 4.98 Å². The summed E-state index contributed by atoms with van der Waals surface area (Å²) < 4.78 is 36.4. The normalized spacial score (nSPS) is 12.7. The lowest BCUT2D eigenvalue weighted by Crippen LogP contribution is -2.30. The lowest BCUT2D eigenvalue weighted by Gasteiger charge is -2.18. The average Bonchev–Trinajstić information content (AvgIpc) is 3.11. The van der Waals surface area contributed by atoms with Gasteiger partial charge in [0.1, 0.15) is 0 Å². The van der Waals surface area contributed by atoms with E-state index in [1.165, 1.54) is 36.5 Å². The van der Waals surface area contributed by atoms with Crippen LogP contribution in [0.2, 0.25) is 0 Å². The molecule has 1 heterocycles. The highest BCUT2D eigenvalue weighted by Gasteiger charge is 2.27. The fourth-order valence-corrected chi connectivity index (χ4v) is 4.96. The van der Waals surface area contributed by atoms with E-state index in [1.807, 2.05) is 0 Å². The number of methoxy groups -OCH3 is 1. The van der Waals surface area contributed by atoms with Gasteiger partial charge in [0.05, 0.1) is 23.3 Å². The van der Waals surface area contributed by atoms with Crippen molar-refractivity contribution in [2.24, 2.45) is 0 Å². The molecule has 0 saturated heterocycles. The molecule has 1 unspecified atom stereocenters. The Morgan fingerprint density at radius 1 is 1.09 bits per heavy atom. The molecule has 0 aliphatic carbocycles. The summed E-state index contributed by atoms with van der Waals surface area (Å²) in [5.41, 5.74) is 1.95. The van der Waals surface area contributed by atoms with Crippen molar-refractivity contribution in [3.8, 4) is 0 Å². The topological polar surface area (TPSA) is 123 Å². The number of aryl methyl sites for hydroxylation is 1. The van der Waals surface area contributed by atoms with E-state index in [9.17, 15) is 22.8 Å². The Hall–Kier alpha value is -3.24. The first-order valence-corrected chi connectivity index (χ1v) is 12.2. The van der Waals surface area contributed by atoms with E-state index >= 15 is 0 Å². The summed E-state index contributed by atoms with van der Waals surface area (Å²) in [6.45, 7) is 8.98. The molecule has 0 bridgehead atoms. The predicted octanol–water partition coefficient (Wildman–Crippen LogP) is 3.28. The number of hydrogen-bond donors (Lipinski definition) is 1. The van der Waals surface area contributed by atoms with Crippen LogP contribution in [0.25, 0.3) is 6.08 Å². The van der Waals surface area contributed by atoms with Crippen LogP contribution in [-0.2, 0) is 24.3 Å². The Kier molecular flexibility index (Phi) is 8.94. The largest absolute Gasteiger partial charge is 0.465 e. The van der Waals surface area contributed by atoms with Gasteiger partial charge in [0.15, 0.2) is 6.10 Å². The summed E-state index contributed by atoms with van der Waals surface area (Å²) in [6.07, 6.45) is 1.53. The van der Waals surface area contributed by atoms with E-state index in [0.717, 1.165) is 6.08 Å². The minimum atomic E-state index is -3.56. The van der Waals surface area contributed by atoms with E-state index < -0.39 is 33.8 Å². The molecule has 1 aromatic heterocycles. The molecule has 0 saturated carbocycles. The first-order chi connectivity index (χ1) is 16.0. The molecule has 9 nitrogen and oxygen atoms in total. The van der Waals surface area contributed by atoms with Crippen molar-refractivity contribution in [3.05, 3.63) is 58.4 Å². The number of Topliss-reactive ketones (excluding diaryl/α,β-unsaturated/α-hetero) is 1. The van der Waals surface area contributed by atoms with Gasteiger partial charge in [-0.1, -0.05) is 26.0 Å². The Morgan fingerprint density at radius 3 is 2.21 bits per heavy atom. The molecule has 0 amide bonds. The van der Waals surface area contributed by atoms with Crippen molar-refractivity contribution < 1.29 is 32.3 Å². The SMILES string of the molecule is CCN(CC)S(=O)(=O)c1ccc(/C=C/C(=O)OC(C)C(=O)c2[nH]c(C)c(C(=O)OC)c2C)cc1. The molecule has 0 aliphatic rings. The second-order valence-electron chi connectivity index (χ2n) is 7.55. The summed E-state index contributed by atoms with van der Waals surface area (Å²) in [7, 11) is -2.31. The van der Waals surface area contributed by atoms with E-state index in [0.29, 0.717) is 29.9 Å². The van der Waals surface area contributed by atoms with Crippen LogP contribution in [0.5, 0.6) is 0 Å². The van der Waals surface area contributed by atoms with Crippen LogP contribution in [0.4, 0.5) is 0 Å². The van der Waals surface area contributed by atoms with E-state index in [1.54, 1.807) is 39.8 Å². The molecule has 1 aromatic carbocycles. The number of benzene rings is 1. The van der Waals surface area contributed by atoms with Crippen LogP contribution in [0.15, 0.2) is 35.2 Å². The van der Waals surface area contributed by atoms with Crippen LogP contribution in [0, 0.1) is 13.8 Å². The molecular weight excluding hydrogens is 460 g/mol. The molecule has 0 aliphatic heterocycles. The number of carbonyl (C=O) groups excluding carboxylic acids is 3. The zero-order valence-corrected chi connectivity index (χ0v) is 21.0. The lowest BCUT2D eigenvalue weighted by atomic mass is 10.1. The van der Waals surface area contributed by atoms with Crippen molar-refractivity contribution in [2.75, 3.05) is 20.2 Å². The maximum atomic E-state index is 12.7. The van der Waals surface area contributed by atoms with Gasteiger partial charge in [-0.15, -0.1) is 0 Å². The molecule has 10 heteroatoms. The third-order valence-electron chi connectivity index (χ3n) is 5.37. The van der Waals surface area contributed by atoms with Gasteiger partial charge in [-0.2, -0.15) is 4.31 Å². The summed E-state index contributed by atoms with van der Waals surface area (Å²) in [4.78, 5) is 39.9. The van der Waals surface area contributed by atoms with Gasteiger partial charge in [-0.05, 0) is 50.1 Å². The number of nitrogens with zero attached hydrogens (tertiary/aromatic N) is 1. The van der Waals surface area contributed by atoms with Crippen LogP contribution >= 0.6 is 0 Å². The molecule has 2 aromatic rings. The highest BCUT2D eigenvalue weighted by Crippen LogP contribution is 2.21. The molecule has 1 atom stereocenters. The van der Waals surface area contributed by atoms with Crippen molar-refractivity contribution >= 4 is 33.8 Å². The van der Waals surface area contributed by atoms with Crippen LogP contribution in [-0.4, -0.2) is 61.7 Å². The number of sulfonamides is 1. The number of aromatic nitrogens is 1. The molecule has 34 heavy (non-hydrogen) atoms. The van der Waals surface area contributed by atoms with Crippen LogP contribution in [0.1, 0.15) is 58.4 Å². The molecule has 2 rings (SSSR count). The standard InChI is InChI=1S/C24H30N2O7S/c1-7-26(8-2)34(30,31)19-12-9-18(10-13-19)11-14-20(27)33-17(5)23(28)22-15(3)21(16(4)25-22)24(29)32-6/h9-14,17,25H,7-8H2,1-6H3/b14-11+. The van der Waals surface area contributed by atoms with E-state index in [4.69, 9.17) is 9.47 Å². The van der Waals surface area contributed by atoms with Crippen molar-refractivity contribution in [2.45, 2.75) is 45.6 Å². The van der Waals surface area contributed by atoms with Crippen molar-refractivity contribution in [1.82, 2.24) is 9.29 Å².